The SMILES string of the molecule is C=CCPC(C)(C)C.Cl. The summed E-state index contributed by atoms with van der Waals surface area (Å²) in [6.45, 7) is 10.4. The summed E-state index contributed by atoms with van der Waals surface area (Å²) in [5, 5.41) is 0.508. The first-order chi connectivity index (χ1) is 3.56. The van der Waals surface area contributed by atoms with Gasteiger partial charge in [0.15, 0.2) is 0 Å². The van der Waals surface area contributed by atoms with E-state index >= 15 is 0 Å². The Morgan fingerprint density at radius 2 is 1.89 bits per heavy atom. The summed E-state index contributed by atoms with van der Waals surface area (Å²) in [6.07, 6.45) is 3.16. The van der Waals surface area contributed by atoms with Crippen LogP contribution < -0.4 is 0 Å². The molecule has 0 amide bonds. The van der Waals surface area contributed by atoms with Crippen molar-refractivity contribution in [3.05, 3.63) is 12.7 Å². The Labute approximate surface area is 66.3 Å². The van der Waals surface area contributed by atoms with Gasteiger partial charge in [-0.3, -0.25) is 0 Å². The molecule has 0 aromatic heterocycles. The summed E-state index contributed by atoms with van der Waals surface area (Å²) < 4.78 is 0. The molecule has 2 heteroatoms. The second-order valence-corrected chi connectivity index (χ2v) is 5.18. The lowest BCUT2D eigenvalue weighted by atomic mass is 10.3. The van der Waals surface area contributed by atoms with Gasteiger partial charge in [0.25, 0.3) is 0 Å². The molecule has 0 bridgehead atoms. The summed E-state index contributed by atoms with van der Waals surface area (Å²) in [5.74, 6) is 0. The van der Waals surface area contributed by atoms with Gasteiger partial charge in [-0.2, -0.15) is 0 Å². The van der Waals surface area contributed by atoms with Crippen molar-refractivity contribution in [2.45, 2.75) is 25.9 Å². The molecule has 0 nitrogen and oxygen atoms in total. The lowest BCUT2D eigenvalue weighted by Crippen LogP contribution is -2.04. The third-order valence-electron chi connectivity index (χ3n) is 0.777. The van der Waals surface area contributed by atoms with Crippen LogP contribution in [0.25, 0.3) is 0 Å². The highest BCUT2D eigenvalue weighted by Gasteiger charge is 2.06. The Bertz CT molecular complexity index is 73.5. The van der Waals surface area contributed by atoms with Gasteiger partial charge >= 0.3 is 0 Å². The third-order valence-corrected chi connectivity index (χ3v) is 2.33. The van der Waals surface area contributed by atoms with E-state index in [4.69, 9.17) is 0 Å². The van der Waals surface area contributed by atoms with E-state index in [0.717, 1.165) is 8.58 Å². The topological polar surface area (TPSA) is 0 Å². The second kappa shape index (κ2) is 5.26. The van der Waals surface area contributed by atoms with Crippen molar-refractivity contribution in [1.82, 2.24) is 0 Å². The molecule has 0 aromatic rings. The summed E-state index contributed by atoms with van der Waals surface area (Å²) in [6, 6.07) is 0. The van der Waals surface area contributed by atoms with E-state index in [0.29, 0.717) is 5.16 Å². The smallest absolute Gasteiger partial charge is 0.0170 e. The third kappa shape index (κ3) is 11.8. The van der Waals surface area contributed by atoms with Gasteiger partial charge in [0.05, 0.1) is 0 Å². The zero-order chi connectivity index (χ0) is 6.62. The summed E-state index contributed by atoms with van der Waals surface area (Å²) in [7, 11) is 1.02. The molecule has 0 N–H and O–H groups in total. The summed E-state index contributed by atoms with van der Waals surface area (Å²) in [4.78, 5) is 0. The number of hydrogen-bond acceptors (Lipinski definition) is 0. The van der Waals surface area contributed by atoms with Crippen molar-refractivity contribution < 1.29 is 0 Å². The number of hydrogen-bond donors (Lipinski definition) is 0. The molecule has 1 atom stereocenters. The Hall–Kier alpha value is 0.460. The Balaban J connectivity index is 0. The molecule has 0 saturated carbocycles. The molecule has 1 unspecified atom stereocenters. The van der Waals surface area contributed by atoms with Crippen LogP contribution in [0, 0.1) is 0 Å². The van der Waals surface area contributed by atoms with E-state index in [-0.39, 0.29) is 12.4 Å². The monoisotopic (exact) mass is 166 g/mol. The fourth-order valence-corrected chi connectivity index (χ4v) is 1.14. The zero-order valence-corrected chi connectivity index (χ0v) is 8.22. The maximum absolute atomic E-state index is 3.67. The highest BCUT2D eigenvalue weighted by Crippen LogP contribution is 2.29. The molecule has 0 aliphatic heterocycles. The molecule has 56 valence electrons. The molecule has 0 saturated heterocycles. The van der Waals surface area contributed by atoms with Crippen molar-refractivity contribution in [3.8, 4) is 0 Å². The Kier molecular flexibility index (Phi) is 7.11. The average molecular weight is 167 g/mol. The van der Waals surface area contributed by atoms with Crippen LogP contribution in [0.15, 0.2) is 12.7 Å². The normalized spacial score (nSPS) is 11.4. The average Bonchev–Trinajstić information content (AvgIpc) is 1.59. The first-order valence-electron chi connectivity index (χ1n) is 2.92. The van der Waals surface area contributed by atoms with Crippen LogP contribution in [0.3, 0.4) is 0 Å². The van der Waals surface area contributed by atoms with Crippen LogP contribution in [-0.2, 0) is 0 Å². The maximum Gasteiger partial charge on any atom is -0.0170 e. The lowest BCUT2D eigenvalue weighted by molar-refractivity contribution is 0.795. The van der Waals surface area contributed by atoms with E-state index in [2.05, 4.69) is 27.4 Å². The minimum absolute atomic E-state index is 0. The molecule has 9 heavy (non-hydrogen) atoms. The largest absolute Gasteiger partial charge is 0.147 e. The van der Waals surface area contributed by atoms with Gasteiger partial charge in [0, 0.05) is 0 Å². The molecule has 0 aliphatic carbocycles. The fourth-order valence-electron chi connectivity index (χ4n) is 0.378. The standard InChI is InChI=1S/C7H15P.ClH/c1-5-6-8-7(2,3)4;/h5,8H,1,6H2,2-4H3;1H. The van der Waals surface area contributed by atoms with Crippen molar-refractivity contribution in [2.75, 3.05) is 6.16 Å². The minimum Gasteiger partial charge on any atom is -0.147 e. The quantitative estimate of drug-likeness (QED) is 0.437. The van der Waals surface area contributed by atoms with Crippen LogP contribution >= 0.6 is 21.0 Å². The number of allylic oxidation sites excluding steroid dienone is 1. The van der Waals surface area contributed by atoms with E-state index < -0.39 is 0 Å². The van der Waals surface area contributed by atoms with Crippen LogP contribution in [-0.4, -0.2) is 11.3 Å². The van der Waals surface area contributed by atoms with Crippen LogP contribution in [0.2, 0.25) is 0 Å². The van der Waals surface area contributed by atoms with Crippen LogP contribution in [0.4, 0.5) is 0 Å². The molecule has 0 fully saturated rings. The molecule has 0 spiro atoms. The maximum atomic E-state index is 3.67. The fraction of sp³-hybridized carbons (Fsp3) is 0.714. The zero-order valence-electron chi connectivity index (χ0n) is 6.40. The van der Waals surface area contributed by atoms with Gasteiger partial charge in [0.2, 0.25) is 0 Å². The molecular weight excluding hydrogens is 151 g/mol. The highest BCUT2D eigenvalue weighted by molar-refractivity contribution is 7.40. The van der Waals surface area contributed by atoms with Crippen LogP contribution in [0.5, 0.6) is 0 Å². The van der Waals surface area contributed by atoms with E-state index in [1.165, 1.54) is 6.16 Å². The van der Waals surface area contributed by atoms with Gasteiger partial charge in [-0.25, -0.2) is 0 Å². The van der Waals surface area contributed by atoms with Gasteiger partial charge in [-0.05, 0) is 11.3 Å². The second-order valence-electron chi connectivity index (χ2n) is 2.92. The van der Waals surface area contributed by atoms with Crippen LogP contribution in [0.1, 0.15) is 20.8 Å². The number of rotatable bonds is 2. The molecular formula is C7H16ClP. The van der Waals surface area contributed by atoms with E-state index in [9.17, 15) is 0 Å². The van der Waals surface area contributed by atoms with Crippen molar-refractivity contribution >= 4 is 21.0 Å². The molecule has 0 heterocycles. The van der Waals surface area contributed by atoms with Crippen molar-refractivity contribution in [2.24, 2.45) is 0 Å². The predicted molar refractivity (Wildman–Crippen MR) is 50.4 cm³/mol. The summed E-state index contributed by atoms with van der Waals surface area (Å²) in [5.41, 5.74) is 0. The minimum atomic E-state index is 0. The molecule has 0 aliphatic rings. The highest BCUT2D eigenvalue weighted by atomic mass is 35.5. The van der Waals surface area contributed by atoms with E-state index in [1.807, 2.05) is 6.08 Å². The van der Waals surface area contributed by atoms with Gasteiger partial charge in [-0.15, -0.1) is 27.6 Å². The Morgan fingerprint density at radius 1 is 1.44 bits per heavy atom. The molecule has 0 rings (SSSR count). The number of halogens is 1. The van der Waals surface area contributed by atoms with Gasteiger partial charge < -0.3 is 0 Å². The Morgan fingerprint density at radius 3 is 2.00 bits per heavy atom. The van der Waals surface area contributed by atoms with E-state index in [1.54, 1.807) is 0 Å². The summed E-state index contributed by atoms with van der Waals surface area (Å²) >= 11 is 0. The molecule has 0 radical (unpaired) electrons. The first-order valence-corrected chi connectivity index (χ1v) is 4.13. The predicted octanol–water partition coefficient (Wildman–Crippen LogP) is 3.07. The molecule has 0 aromatic carbocycles. The van der Waals surface area contributed by atoms with Gasteiger partial charge in [0.1, 0.15) is 0 Å². The first kappa shape index (κ1) is 12.2. The lowest BCUT2D eigenvalue weighted by Gasteiger charge is -2.15. The van der Waals surface area contributed by atoms with Gasteiger partial charge in [-0.1, -0.05) is 26.8 Å². The van der Waals surface area contributed by atoms with Crippen molar-refractivity contribution in [1.29, 1.82) is 0 Å². The van der Waals surface area contributed by atoms with Crippen molar-refractivity contribution in [3.63, 3.8) is 0 Å².